The fraction of sp³-hybridized carbons (Fsp3) is 0.240. The Morgan fingerprint density at radius 3 is 2.48 bits per heavy atom. The van der Waals surface area contributed by atoms with E-state index in [0.717, 1.165) is 27.5 Å². The van der Waals surface area contributed by atoms with Crippen molar-refractivity contribution in [3.05, 3.63) is 77.4 Å². The topological polar surface area (TPSA) is 84.5 Å². The average molecular weight is 418 g/mol. The van der Waals surface area contributed by atoms with Crippen molar-refractivity contribution in [1.29, 1.82) is 0 Å². The number of rotatable bonds is 7. The van der Waals surface area contributed by atoms with Gasteiger partial charge in [0.15, 0.2) is 6.10 Å². The molecular formula is C25H26N2O4. The van der Waals surface area contributed by atoms with E-state index in [0.29, 0.717) is 5.69 Å². The van der Waals surface area contributed by atoms with E-state index in [1.54, 1.807) is 0 Å². The van der Waals surface area contributed by atoms with Crippen molar-refractivity contribution >= 4 is 34.2 Å². The third kappa shape index (κ3) is 5.92. The number of carbonyl (C=O) groups excluding carboxylic acids is 3. The van der Waals surface area contributed by atoms with Crippen molar-refractivity contribution in [1.82, 2.24) is 5.32 Å². The Bertz CT molecular complexity index is 1120. The first-order valence-corrected chi connectivity index (χ1v) is 10.1. The molecule has 0 unspecified atom stereocenters. The number of nitrogens with one attached hydrogen (secondary N) is 2. The smallest absolute Gasteiger partial charge is 0.326 e. The van der Waals surface area contributed by atoms with Gasteiger partial charge < -0.3 is 15.4 Å². The predicted octanol–water partition coefficient (Wildman–Crippen LogP) is 3.69. The molecule has 31 heavy (non-hydrogen) atoms. The van der Waals surface area contributed by atoms with E-state index in [4.69, 9.17) is 4.74 Å². The fourth-order valence-corrected chi connectivity index (χ4v) is 3.33. The van der Waals surface area contributed by atoms with Crippen molar-refractivity contribution < 1.29 is 19.1 Å². The lowest BCUT2D eigenvalue weighted by Gasteiger charge is -2.15. The van der Waals surface area contributed by atoms with Crippen molar-refractivity contribution in [3.63, 3.8) is 0 Å². The molecule has 0 spiro atoms. The number of benzene rings is 3. The third-order valence-electron chi connectivity index (χ3n) is 4.98. The maximum Gasteiger partial charge on any atom is 0.326 e. The van der Waals surface area contributed by atoms with E-state index in [1.807, 2.05) is 74.5 Å². The van der Waals surface area contributed by atoms with Gasteiger partial charge in [-0.15, -0.1) is 0 Å². The number of hydrogen-bond donors (Lipinski definition) is 2. The van der Waals surface area contributed by atoms with E-state index in [2.05, 4.69) is 10.6 Å². The lowest BCUT2D eigenvalue weighted by molar-refractivity contribution is -0.152. The largest absolute Gasteiger partial charge is 0.451 e. The molecule has 2 amide bonds. The summed E-state index contributed by atoms with van der Waals surface area (Å²) < 4.78 is 5.15. The highest BCUT2D eigenvalue weighted by molar-refractivity contribution is 5.96. The molecule has 3 aromatic carbocycles. The average Bonchev–Trinajstić information content (AvgIpc) is 2.74. The van der Waals surface area contributed by atoms with E-state index < -0.39 is 18.0 Å². The number of amides is 2. The number of aryl methyl sites for hydroxylation is 2. The lowest BCUT2D eigenvalue weighted by Crippen LogP contribution is -2.36. The van der Waals surface area contributed by atoms with Crippen LogP contribution in [0.4, 0.5) is 5.69 Å². The molecule has 0 radical (unpaired) electrons. The van der Waals surface area contributed by atoms with Crippen molar-refractivity contribution in [2.75, 3.05) is 11.9 Å². The van der Waals surface area contributed by atoms with Gasteiger partial charge in [-0.2, -0.15) is 0 Å². The molecule has 0 heterocycles. The lowest BCUT2D eigenvalue weighted by atomic mass is 10.0. The molecule has 0 aliphatic heterocycles. The minimum absolute atomic E-state index is 0.150. The number of esters is 1. The van der Waals surface area contributed by atoms with Gasteiger partial charge in [-0.05, 0) is 48.7 Å². The van der Waals surface area contributed by atoms with Crippen LogP contribution in [0, 0.1) is 13.8 Å². The van der Waals surface area contributed by atoms with E-state index in [9.17, 15) is 14.4 Å². The Morgan fingerprint density at radius 1 is 0.968 bits per heavy atom. The molecule has 0 fully saturated rings. The fourth-order valence-electron chi connectivity index (χ4n) is 3.33. The summed E-state index contributed by atoms with van der Waals surface area (Å²) in [6.07, 6.45) is -0.833. The predicted molar refractivity (Wildman–Crippen MR) is 121 cm³/mol. The zero-order chi connectivity index (χ0) is 22.4. The summed E-state index contributed by atoms with van der Waals surface area (Å²) in [6, 6.07) is 19.2. The van der Waals surface area contributed by atoms with Gasteiger partial charge in [0, 0.05) is 5.69 Å². The second kappa shape index (κ2) is 9.89. The van der Waals surface area contributed by atoms with Gasteiger partial charge in [0.2, 0.25) is 5.91 Å². The first-order chi connectivity index (χ1) is 14.8. The van der Waals surface area contributed by atoms with Crippen LogP contribution in [0.25, 0.3) is 10.8 Å². The number of carbonyl (C=O) groups is 3. The molecule has 0 aliphatic rings. The molecule has 1 atom stereocenters. The molecule has 0 bridgehead atoms. The first kappa shape index (κ1) is 22.0. The van der Waals surface area contributed by atoms with Gasteiger partial charge in [0.1, 0.15) is 6.54 Å². The molecule has 3 rings (SSSR count). The molecule has 2 N–H and O–H groups in total. The number of fused-ring (bicyclic) bond motifs is 1. The molecule has 6 nitrogen and oxygen atoms in total. The van der Waals surface area contributed by atoms with Crippen LogP contribution >= 0.6 is 0 Å². The van der Waals surface area contributed by atoms with Crippen molar-refractivity contribution in [2.45, 2.75) is 33.3 Å². The minimum Gasteiger partial charge on any atom is -0.451 e. The van der Waals surface area contributed by atoms with Crippen LogP contribution in [-0.2, 0) is 25.5 Å². The highest BCUT2D eigenvalue weighted by Gasteiger charge is 2.19. The van der Waals surface area contributed by atoms with Crippen LogP contribution in [0.3, 0.4) is 0 Å². The van der Waals surface area contributed by atoms with Crippen LogP contribution < -0.4 is 10.6 Å². The second-order valence-corrected chi connectivity index (χ2v) is 7.53. The summed E-state index contributed by atoms with van der Waals surface area (Å²) in [4.78, 5) is 36.7. The normalized spacial score (nSPS) is 11.6. The Labute approximate surface area is 181 Å². The van der Waals surface area contributed by atoms with Crippen LogP contribution in [0.5, 0.6) is 0 Å². The summed E-state index contributed by atoms with van der Waals surface area (Å²) in [5.74, 6) is -1.39. The summed E-state index contributed by atoms with van der Waals surface area (Å²) in [7, 11) is 0. The summed E-state index contributed by atoms with van der Waals surface area (Å²) in [5.41, 5.74) is 3.56. The molecular weight excluding hydrogens is 392 g/mol. The SMILES string of the molecule is Cc1ccc(NC(=O)[C@@H](C)OC(=O)CNC(=O)Cc2cccc3ccccc23)c(C)c1. The van der Waals surface area contributed by atoms with Gasteiger partial charge in [-0.1, -0.05) is 60.2 Å². The third-order valence-corrected chi connectivity index (χ3v) is 4.98. The molecule has 3 aromatic rings. The van der Waals surface area contributed by atoms with Crippen LogP contribution in [-0.4, -0.2) is 30.4 Å². The van der Waals surface area contributed by atoms with Crippen LogP contribution in [0.1, 0.15) is 23.6 Å². The summed E-state index contributed by atoms with van der Waals surface area (Å²) in [6.45, 7) is 5.06. The number of anilines is 1. The molecule has 0 aromatic heterocycles. The van der Waals surface area contributed by atoms with Gasteiger partial charge in [-0.25, -0.2) is 0 Å². The van der Waals surface area contributed by atoms with Gasteiger partial charge in [0.25, 0.3) is 5.91 Å². The highest BCUT2D eigenvalue weighted by atomic mass is 16.5. The molecule has 160 valence electrons. The Kier molecular flexibility index (Phi) is 7.03. The Balaban J connectivity index is 1.48. The minimum atomic E-state index is -0.983. The number of ether oxygens (including phenoxy) is 1. The van der Waals surface area contributed by atoms with Crippen molar-refractivity contribution in [3.8, 4) is 0 Å². The molecule has 0 aliphatic carbocycles. The Hall–Kier alpha value is -3.67. The molecule has 0 saturated heterocycles. The van der Waals surface area contributed by atoms with Crippen LogP contribution in [0.2, 0.25) is 0 Å². The Morgan fingerprint density at radius 2 is 1.71 bits per heavy atom. The van der Waals surface area contributed by atoms with Gasteiger partial charge in [0.05, 0.1) is 6.42 Å². The van der Waals surface area contributed by atoms with Crippen LogP contribution in [0.15, 0.2) is 60.7 Å². The maximum atomic E-state index is 12.3. The summed E-state index contributed by atoms with van der Waals surface area (Å²) >= 11 is 0. The highest BCUT2D eigenvalue weighted by Crippen LogP contribution is 2.19. The molecule has 6 heteroatoms. The van der Waals surface area contributed by atoms with E-state index in [1.165, 1.54) is 6.92 Å². The number of hydrogen-bond acceptors (Lipinski definition) is 4. The van der Waals surface area contributed by atoms with E-state index >= 15 is 0 Å². The van der Waals surface area contributed by atoms with Gasteiger partial charge >= 0.3 is 5.97 Å². The first-order valence-electron chi connectivity index (χ1n) is 10.1. The maximum absolute atomic E-state index is 12.3. The second-order valence-electron chi connectivity index (χ2n) is 7.53. The molecule has 0 saturated carbocycles. The standard InChI is InChI=1S/C25H26N2O4/c1-16-11-12-22(17(2)13-16)27-25(30)18(3)31-24(29)15-26-23(28)14-20-9-6-8-19-7-4-5-10-21(19)20/h4-13,18H,14-15H2,1-3H3,(H,26,28)(H,27,30)/t18-/m1/s1. The van der Waals surface area contributed by atoms with E-state index in [-0.39, 0.29) is 18.9 Å². The summed E-state index contributed by atoms with van der Waals surface area (Å²) in [5, 5.41) is 7.36. The van der Waals surface area contributed by atoms with Crippen molar-refractivity contribution in [2.24, 2.45) is 0 Å². The zero-order valence-electron chi connectivity index (χ0n) is 17.9. The zero-order valence-corrected chi connectivity index (χ0v) is 17.9. The van der Waals surface area contributed by atoms with Gasteiger partial charge in [-0.3, -0.25) is 14.4 Å². The monoisotopic (exact) mass is 418 g/mol. The quantitative estimate of drug-likeness (QED) is 0.573.